The second-order valence-electron chi connectivity index (χ2n) is 8.24. The van der Waals surface area contributed by atoms with Crippen LogP contribution in [0.3, 0.4) is 0 Å². The number of piperidine rings is 1. The summed E-state index contributed by atoms with van der Waals surface area (Å²) < 4.78 is 48.9. The van der Waals surface area contributed by atoms with Crippen molar-refractivity contribution in [2.75, 3.05) is 44.4 Å². The van der Waals surface area contributed by atoms with Crippen molar-refractivity contribution in [3.63, 3.8) is 0 Å². The van der Waals surface area contributed by atoms with Crippen molar-refractivity contribution >= 4 is 16.4 Å². The molecule has 4 rings (SSSR count). The first kappa shape index (κ1) is 23.0. The second-order valence-corrected chi connectivity index (χ2v) is 9.53. The molecule has 11 heteroatoms. The smallest absolute Gasteiger partial charge is 0.399 e. The molecule has 0 amide bonds. The van der Waals surface area contributed by atoms with Gasteiger partial charge in [0, 0.05) is 24.9 Å². The fraction of sp³-hybridized carbons (Fsp3) is 0.619. The van der Waals surface area contributed by atoms with Gasteiger partial charge in [0.25, 0.3) is 0 Å². The maximum absolute atomic E-state index is 11.2. The summed E-state index contributed by atoms with van der Waals surface area (Å²) in [4.78, 5) is 6.56. The molecule has 2 fully saturated rings. The molecule has 0 aliphatic carbocycles. The van der Waals surface area contributed by atoms with Gasteiger partial charge in [-0.3, -0.25) is 0 Å². The lowest BCUT2D eigenvalue weighted by atomic mass is 10.0. The van der Waals surface area contributed by atoms with E-state index in [1.807, 2.05) is 38.1 Å². The van der Waals surface area contributed by atoms with Crippen LogP contribution >= 0.6 is 0 Å². The predicted molar refractivity (Wildman–Crippen MR) is 115 cm³/mol. The zero-order chi connectivity index (χ0) is 22.6. The lowest BCUT2D eigenvalue weighted by Gasteiger charge is -2.30. The summed E-state index contributed by atoms with van der Waals surface area (Å²) in [6, 6.07) is 8.08. The van der Waals surface area contributed by atoms with Crippen molar-refractivity contribution in [1.82, 2.24) is 10.1 Å². The zero-order valence-electron chi connectivity index (χ0n) is 18.3. The number of benzene rings is 1. The van der Waals surface area contributed by atoms with E-state index in [0.29, 0.717) is 19.2 Å². The van der Waals surface area contributed by atoms with Crippen LogP contribution in [0.5, 0.6) is 5.75 Å². The molecule has 2 aromatic rings. The van der Waals surface area contributed by atoms with E-state index < -0.39 is 10.4 Å². The Morgan fingerprint density at radius 2 is 1.78 bits per heavy atom. The lowest BCUT2D eigenvalue weighted by Crippen LogP contribution is -2.37. The Kier molecular flexibility index (Phi) is 7.29. The molecule has 32 heavy (non-hydrogen) atoms. The fourth-order valence-corrected chi connectivity index (χ4v) is 4.35. The van der Waals surface area contributed by atoms with Gasteiger partial charge >= 0.3 is 16.4 Å². The minimum atomic E-state index is -3.83. The standard InChI is InChI=1S/C21H29N3O7S/c1-15(2)20-22-21(31-23-20)24-9-7-19(8-10-24)28-12-11-27-18-5-3-16(4-6-18)17-13-29-32(25,26)30-14-17/h3-6,15,17,19H,7-14H2,1-2H3. The van der Waals surface area contributed by atoms with Crippen LogP contribution in [0.4, 0.5) is 6.01 Å². The number of ether oxygens (including phenoxy) is 2. The Labute approximate surface area is 188 Å². The molecule has 10 nitrogen and oxygen atoms in total. The summed E-state index contributed by atoms with van der Waals surface area (Å²) in [6.45, 7) is 6.86. The third kappa shape index (κ3) is 5.97. The molecule has 3 heterocycles. The Morgan fingerprint density at radius 3 is 2.41 bits per heavy atom. The molecule has 0 bridgehead atoms. The van der Waals surface area contributed by atoms with Crippen molar-refractivity contribution in [2.45, 2.75) is 44.6 Å². The first-order valence-corrected chi connectivity index (χ1v) is 12.2. The van der Waals surface area contributed by atoms with Gasteiger partial charge in [0.2, 0.25) is 0 Å². The molecular weight excluding hydrogens is 438 g/mol. The fourth-order valence-electron chi connectivity index (χ4n) is 3.62. The van der Waals surface area contributed by atoms with Gasteiger partial charge in [-0.15, -0.1) is 0 Å². The number of nitrogens with zero attached hydrogens (tertiary/aromatic N) is 3. The number of anilines is 1. The summed E-state index contributed by atoms with van der Waals surface area (Å²) in [5.74, 6) is 1.59. The number of aromatic nitrogens is 2. The molecule has 0 radical (unpaired) electrons. The summed E-state index contributed by atoms with van der Waals surface area (Å²) in [7, 11) is -3.83. The molecule has 2 saturated heterocycles. The van der Waals surface area contributed by atoms with Crippen molar-refractivity contribution < 1.29 is 30.8 Å². The highest BCUT2D eigenvalue weighted by Crippen LogP contribution is 2.25. The average molecular weight is 468 g/mol. The molecule has 1 aromatic heterocycles. The summed E-state index contributed by atoms with van der Waals surface area (Å²) in [6.07, 6.45) is 1.98. The predicted octanol–water partition coefficient (Wildman–Crippen LogP) is 2.63. The first-order valence-electron chi connectivity index (χ1n) is 10.9. The highest BCUT2D eigenvalue weighted by molar-refractivity contribution is 7.81. The van der Waals surface area contributed by atoms with Crippen LogP contribution in [0.15, 0.2) is 28.8 Å². The summed E-state index contributed by atoms with van der Waals surface area (Å²) in [5, 5.41) is 4.02. The Bertz CT molecular complexity index is 956. The molecule has 0 unspecified atom stereocenters. The summed E-state index contributed by atoms with van der Waals surface area (Å²) in [5.41, 5.74) is 0.942. The number of hydrogen-bond acceptors (Lipinski definition) is 10. The molecule has 0 N–H and O–H groups in total. The van der Waals surface area contributed by atoms with Crippen LogP contribution < -0.4 is 9.64 Å². The van der Waals surface area contributed by atoms with Gasteiger partial charge < -0.3 is 18.9 Å². The molecule has 176 valence electrons. The largest absolute Gasteiger partial charge is 0.491 e. The lowest BCUT2D eigenvalue weighted by molar-refractivity contribution is 0.0197. The molecular formula is C21H29N3O7S. The normalized spacial score (nSPS) is 20.0. The zero-order valence-corrected chi connectivity index (χ0v) is 19.1. The van der Waals surface area contributed by atoms with Crippen LogP contribution in [-0.4, -0.2) is 64.2 Å². The van der Waals surface area contributed by atoms with E-state index in [1.165, 1.54) is 0 Å². The molecule has 2 aliphatic heterocycles. The molecule has 0 atom stereocenters. The van der Waals surface area contributed by atoms with Crippen LogP contribution in [0.25, 0.3) is 0 Å². The minimum Gasteiger partial charge on any atom is -0.491 e. The Morgan fingerprint density at radius 1 is 1.09 bits per heavy atom. The first-order chi connectivity index (χ1) is 15.4. The van der Waals surface area contributed by atoms with Crippen LogP contribution in [0.2, 0.25) is 0 Å². The van der Waals surface area contributed by atoms with Gasteiger partial charge in [-0.1, -0.05) is 31.1 Å². The third-order valence-electron chi connectivity index (χ3n) is 5.54. The molecule has 0 spiro atoms. The summed E-state index contributed by atoms with van der Waals surface area (Å²) >= 11 is 0. The minimum absolute atomic E-state index is 0.0839. The average Bonchev–Trinajstić information content (AvgIpc) is 3.29. The van der Waals surface area contributed by atoms with Gasteiger partial charge in [-0.25, -0.2) is 8.37 Å². The van der Waals surface area contributed by atoms with E-state index >= 15 is 0 Å². The molecule has 2 aliphatic rings. The van der Waals surface area contributed by atoms with Crippen molar-refractivity contribution in [2.24, 2.45) is 0 Å². The van der Waals surface area contributed by atoms with E-state index in [0.717, 1.165) is 43.1 Å². The topological polar surface area (TPSA) is 113 Å². The highest BCUT2D eigenvalue weighted by atomic mass is 32.3. The van der Waals surface area contributed by atoms with Gasteiger partial charge in [-0.2, -0.15) is 13.4 Å². The second kappa shape index (κ2) is 10.2. The van der Waals surface area contributed by atoms with E-state index in [2.05, 4.69) is 15.0 Å². The maximum atomic E-state index is 11.2. The number of rotatable bonds is 8. The monoisotopic (exact) mass is 467 g/mol. The molecule has 1 aromatic carbocycles. The van der Waals surface area contributed by atoms with Gasteiger partial charge in [0.15, 0.2) is 5.82 Å². The van der Waals surface area contributed by atoms with E-state index in [4.69, 9.17) is 22.4 Å². The molecule has 0 saturated carbocycles. The van der Waals surface area contributed by atoms with Crippen LogP contribution in [-0.2, 0) is 23.5 Å². The van der Waals surface area contributed by atoms with Gasteiger partial charge in [0.1, 0.15) is 12.4 Å². The Hall–Kier alpha value is -2.21. The number of hydrogen-bond donors (Lipinski definition) is 0. The quantitative estimate of drug-likeness (QED) is 0.537. The van der Waals surface area contributed by atoms with E-state index in [9.17, 15) is 8.42 Å². The van der Waals surface area contributed by atoms with E-state index in [-0.39, 0.29) is 31.2 Å². The third-order valence-corrected chi connectivity index (χ3v) is 6.39. The van der Waals surface area contributed by atoms with Crippen molar-refractivity contribution in [1.29, 1.82) is 0 Å². The van der Waals surface area contributed by atoms with Crippen LogP contribution in [0, 0.1) is 0 Å². The van der Waals surface area contributed by atoms with E-state index in [1.54, 1.807) is 0 Å². The Balaban J connectivity index is 1.14. The van der Waals surface area contributed by atoms with Crippen molar-refractivity contribution in [3.05, 3.63) is 35.7 Å². The highest BCUT2D eigenvalue weighted by Gasteiger charge is 2.26. The maximum Gasteiger partial charge on any atom is 0.399 e. The SMILES string of the molecule is CC(C)c1noc(N2CCC(OCCOc3ccc(C4COS(=O)(=O)OC4)cc3)CC2)n1. The van der Waals surface area contributed by atoms with Gasteiger partial charge in [0.05, 0.1) is 25.9 Å². The van der Waals surface area contributed by atoms with Gasteiger partial charge in [-0.05, 0) is 30.5 Å². The van der Waals surface area contributed by atoms with Crippen LogP contribution in [0.1, 0.15) is 49.9 Å². The van der Waals surface area contributed by atoms with Crippen molar-refractivity contribution in [3.8, 4) is 5.75 Å².